The molecule has 1 amide bonds. The largest absolute Gasteiger partial charge is 0.497 e. The molecule has 0 aliphatic heterocycles. The smallest absolute Gasteiger partial charge is 0.407 e. The van der Waals surface area contributed by atoms with Gasteiger partial charge in [-0.05, 0) is 60.9 Å². The summed E-state index contributed by atoms with van der Waals surface area (Å²) in [4.78, 5) is 12.9. The van der Waals surface area contributed by atoms with Crippen molar-refractivity contribution in [2.45, 2.75) is 20.4 Å². The Bertz CT molecular complexity index is 966. The molecule has 0 saturated carbocycles. The van der Waals surface area contributed by atoms with Crippen LogP contribution in [0.25, 0.3) is 16.9 Å². The van der Waals surface area contributed by atoms with Gasteiger partial charge >= 0.3 is 6.09 Å². The summed E-state index contributed by atoms with van der Waals surface area (Å²) in [5, 5.41) is 11.7. The average molecular weight is 366 g/mol. The fraction of sp³-hybridized carbons (Fsp3) is 0.250. The number of aromatic nitrogens is 3. The van der Waals surface area contributed by atoms with E-state index in [1.165, 1.54) is 7.11 Å². The molecule has 0 radical (unpaired) electrons. The molecule has 0 spiro atoms. The molecule has 3 aromatic rings. The van der Waals surface area contributed by atoms with Gasteiger partial charge < -0.3 is 14.8 Å². The second kappa shape index (κ2) is 7.90. The van der Waals surface area contributed by atoms with E-state index in [9.17, 15) is 4.79 Å². The van der Waals surface area contributed by atoms with Crippen LogP contribution < -0.4 is 10.1 Å². The second-order valence-corrected chi connectivity index (χ2v) is 6.16. The van der Waals surface area contributed by atoms with Gasteiger partial charge in [0.2, 0.25) is 0 Å². The highest BCUT2D eigenvalue weighted by Gasteiger charge is 2.10. The van der Waals surface area contributed by atoms with Crippen molar-refractivity contribution in [3.8, 4) is 22.7 Å². The zero-order valence-corrected chi connectivity index (χ0v) is 15.8. The number of hydrogen-bond donors (Lipinski definition) is 1. The highest BCUT2D eigenvalue weighted by atomic mass is 16.5. The first-order chi connectivity index (χ1) is 13.0. The van der Waals surface area contributed by atoms with Gasteiger partial charge in [0.05, 0.1) is 26.1 Å². The summed E-state index contributed by atoms with van der Waals surface area (Å²) in [7, 11) is 2.99. The molecule has 1 heterocycles. The normalized spacial score (nSPS) is 10.5. The lowest BCUT2D eigenvalue weighted by Gasteiger charge is -2.09. The molecule has 140 valence electrons. The Morgan fingerprint density at radius 3 is 2.63 bits per heavy atom. The lowest BCUT2D eigenvalue weighted by molar-refractivity contribution is 0.170. The van der Waals surface area contributed by atoms with Crippen LogP contribution in [0.4, 0.5) is 4.79 Å². The molecule has 3 rings (SSSR count). The third-order valence-electron chi connectivity index (χ3n) is 4.37. The summed E-state index contributed by atoms with van der Waals surface area (Å²) in [6.45, 7) is 4.37. The predicted octanol–water partition coefficient (Wildman–Crippen LogP) is 3.42. The summed E-state index contributed by atoms with van der Waals surface area (Å²) in [5.41, 5.74) is 5.70. The fourth-order valence-corrected chi connectivity index (χ4v) is 2.77. The van der Waals surface area contributed by atoms with E-state index in [1.54, 1.807) is 18.1 Å². The number of nitrogens with one attached hydrogen (secondary N) is 1. The Labute approximate surface area is 157 Å². The molecule has 1 aromatic heterocycles. The van der Waals surface area contributed by atoms with E-state index in [2.05, 4.69) is 20.3 Å². The molecule has 0 atom stereocenters. The minimum absolute atomic E-state index is 0.373. The monoisotopic (exact) mass is 366 g/mol. The number of rotatable bonds is 5. The maximum atomic E-state index is 11.3. The molecule has 0 fully saturated rings. The lowest BCUT2D eigenvalue weighted by Crippen LogP contribution is -2.22. The number of amides is 1. The predicted molar refractivity (Wildman–Crippen MR) is 102 cm³/mol. The summed E-state index contributed by atoms with van der Waals surface area (Å²) in [6, 6.07) is 11.7. The van der Waals surface area contributed by atoms with Crippen molar-refractivity contribution in [3.05, 3.63) is 59.3 Å². The number of aryl methyl sites for hydroxylation is 2. The van der Waals surface area contributed by atoms with Crippen LogP contribution in [0.3, 0.4) is 0 Å². The van der Waals surface area contributed by atoms with Crippen LogP contribution in [-0.4, -0.2) is 35.3 Å². The second-order valence-electron chi connectivity index (χ2n) is 6.16. The van der Waals surface area contributed by atoms with E-state index in [1.807, 2.05) is 50.2 Å². The number of nitrogens with zero attached hydrogens (tertiary/aromatic N) is 3. The summed E-state index contributed by atoms with van der Waals surface area (Å²) in [6.07, 6.45) is 1.27. The van der Waals surface area contributed by atoms with Crippen molar-refractivity contribution in [2.24, 2.45) is 0 Å². The van der Waals surface area contributed by atoms with Crippen molar-refractivity contribution in [1.29, 1.82) is 0 Å². The maximum absolute atomic E-state index is 11.3. The fourth-order valence-electron chi connectivity index (χ4n) is 2.77. The molecule has 27 heavy (non-hydrogen) atoms. The van der Waals surface area contributed by atoms with E-state index in [4.69, 9.17) is 4.74 Å². The zero-order valence-electron chi connectivity index (χ0n) is 15.8. The zero-order chi connectivity index (χ0) is 19.4. The number of carbonyl (C=O) groups excluding carboxylic acids is 1. The quantitative estimate of drug-likeness (QED) is 0.749. The number of benzene rings is 2. The van der Waals surface area contributed by atoms with E-state index in [0.717, 1.165) is 39.4 Å². The van der Waals surface area contributed by atoms with Crippen LogP contribution in [-0.2, 0) is 11.3 Å². The van der Waals surface area contributed by atoms with Gasteiger partial charge in [0.1, 0.15) is 11.4 Å². The van der Waals surface area contributed by atoms with E-state index in [0.29, 0.717) is 6.54 Å². The van der Waals surface area contributed by atoms with Gasteiger partial charge in [0.15, 0.2) is 0 Å². The minimum Gasteiger partial charge on any atom is -0.497 e. The molecular formula is C20H22N4O3. The Morgan fingerprint density at radius 2 is 1.93 bits per heavy atom. The third kappa shape index (κ3) is 4.08. The standard InChI is InChI=1S/C20H22N4O3/c1-13-5-6-16(10-15(13)11-21-20(25)27-4)24-22-12-19(23-24)18-8-7-17(26-3)9-14(18)2/h5-10,12H,11H2,1-4H3,(H,21,25). The first-order valence-electron chi connectivity index (χ1n) is 8.51. The lowest BCUT2D eigenvalue weighted by atomic mass is 10.1. The molecule has 1 N–H and O–H groups in total. The highest BCUT2D eigenvalue weighted by molar-refractivity contribution is 5.67. The van der Waals surface area contributed by atoms with Crippen LogP contribution in [0.1, 0.15) is 16.7 Å². The Hall–Kier alpha value is -3.35. The number of carbonyl (C=O) groups is 1. The molecule has 7 heteroatoms. The van der Waals surface area contributed by atoms with Crippen molar-refractivity contribution in [3.63, 3.8) is 0 Å². The number of hydrogen-bond acceptors (Lipinski definition) is 5. The van der Waals surface area contributed by atoms with Gasteiger partial charge in [-0.15, -0.1) is 5.10 Å². The molecular weight excluding hydrogens is 344 g/mol. The SMILES string of the molecule is COC(=O)NCc1cc(-n2ncc(-c3ccc(OC)cc3C)n2)ccc1C. The van der Waals surface area contributed by atoms with Crippen LogP contribution in [0.5, 0.6) is 5.75 Å². The summed E-state index contributed by atoms with van der Waals surface area (Å²) in [5.74, 6) is 0.810. The average Bonchev–Trinajstić information content (AvgIpc) is 3.16. The van der Waals surface area contributed by atoms with E-state index < -0.39 is 6.09 Å². The molecule has 0 unspecified atom stereocenters. The van der Waals surface area contributed by atoms with Gasteiger partial charge in [-0.1, -0.05) is 6.07 Å². The van der Waals surface area contributed by atoms with E-state index in [-0.39, 0.29) is 0 Å². The first kappa shape index (κ1) is 18.4. The third-order valence-corrected chi connectivity index (χ3v) is 4.37. The highest BCUT2D eigenvalue weighted by Crippen LogP contribution is 2.25. The van der Waals surface area contributed by atoms with Gasteiger partial charge in [-0.2, -0.15) is 9.90 Å². The van der Waals surface area contributed by atoms with Gasteiger partial charge in [0.25, 0.3) is 0 Å². The van der Waals surface area contributed by atoms with Crippen molar-refractivity contribution in [2.75, 3.05) is 14.2 Å². The van der Waals surface area contributed by atoms with Crippen molar-refractivity contribution in [1.82, 2.24) is 20.3 Å². The van der Waals surface area contributed by atoms with Gasteiger partial charge in [0, 0.05) is 12.1 Å². The molecule has 7 nitrogen and oxygen atoms in total. The maximum Gasteiger partial charge on any atom is 0.407 e. The van der Waals surface area contributed by atoms with Crippen LogP contribution >= 0.6 is 0 Å². The minimum atomic E-state index is -0.464. The van der Waals surface area contributed by atoms with E-state index >= 15 is 0 Å². The van der Waals surface area contributed by atoms with Crippen molar-refractivity contribution < 1.29 is 14.3 Å². The molecule has 0 bridgehead atoms. The Balaban J connectivity index is 1.87. The molecule has 0 saturated heterocycles. The Morgan fingerprint density at radius 1 is 1.11 bits per heavy atom. The number of ether oxygens (including phenoxy) is 2. The molecule has 0 aliphatic carbocycles. The number of methoxy groups -OCH3 is 2. The van der Waals surface area contributed by atoms with Gasteiger partial charge in [-0.3, -0.25) is 0 Å². The topological polar surface area (TPSA) is 78.3 Å². The first-order valence-corrected chi connectivity index (χ1v) is 8.51. The summed E-state index contributed by atoms with van der Waals surface area (Å²) >= 11 is 0. The van der Waals surface area contributed by atoms with Gasteiger partial charge in [-0.25, -0.2) is 4.79 Å². The van der Waals surface area contributed by atoms with Crippen LogP contribution in [0.15, 0.2) is 42.6 Å². The van der Waals surface area contributed by atoms with Crippen LogP contribution in [0.2, 0.25) is 0 Å². The number of alkyl carbamates (subject to hydrolysis) is 1. The molecule has 0 aliphatic rings. The molecule has 2 aromatic carbocycles. The summed E-state index contributed by atoms with van der Waals surface area (Å²) < 4.78 is 9.87. The Kier molecular flexibility index (Phi) is 5.40. The van der Waals surface area contributed by atoms with Crippen molar-refractivity contribution >= 4 is 6.09 Å². The van der Waals surface area contributed by atoms with Crippen LogP contribution in [0, 0.1) is 13.8 Å².